The highest BCUT2D eigenvalue weighted by Crippen LogP contribution is 2.11. The van der Waals surface area contributed by atoms with Gasteiger partial charge in [-0.3, -0.25) is 0 Å². The molecule has 0 spiro atoms. The Morgan fingerprint density at radius 2 is 1.50 bits per heavy atom. The molecule has 0 saturated carbocycles. The van der Waals surface area contributed by atoms with Gasteiger partial charge in [-0.05, 0) is 41.8 Å². The van der Waals surface area contributed by atoms with Gasteiger partial charge < -0.3 is 10.1 Å². The van der Waals surface area contributed by atoms with E-state index in [9.17, 15) is 0 Å². The Balaban J connectivity index is 1.72. The summed E-state index contributed by atoms with van der Waals surface area (Å²) in [4.78, 5) is 0. The molecule has 2 rings (SSSR count). The lowest BCUT2D eigenvalue weighted by molar-refractivity contribution is 0.414. The maximum atomic E-state index is 5.77. The zero-order valence-corrected chi connectivity index (χ0v) is 12.5. The number of alkyl halides is 1. The lowest BCUT2D eigenvalue weighted by atomic mass is 10.1. The van der Waals surface area contributed by atoms with Crippen molar-refractivity contribution in [2.24, 2.45) is 0 Å². The Morgan fingerprint density at radius 1 is 0.900 bits per heavy atom. The summed E-state index contributed by atoms with van der Waals surface area (Å²) < 4.78 is 5.15. The van der Waals surface area contributed by atoms with Gasteiger partial charge >= 0.3 is 0 Å². The average molecular weight is 290 g/mol. The molecule has 0 radical (unpaired) electrons. The predicted octanol–water partition coefficient (Wildman–Crippen LogP) is 3.77. The zero-order chi connectivity index (χ0) is 14.2. The average Bonchev–Trinajstić information content (AvgIpc) is 2.53. The number of benzene rings is 2. The molecule has 3 heteroatoms. The van der Waals surface area contributed by atoms with Gasteiger partial charge in [0, 0.05) is 12.4 Å². The number of ether oxygens (including phenoxy) is 1. The van der Waals surface area contributed by atoms with Crippen molar-refractivity contribution in [2.45, 2.75) is 18.8 Å². The van der Waals surface area contributed by atoms with Crippen LogP contribution in [0.1, 0.15) is 16.7 Å². The van der Waals surface area contributed by atoms with E-state index in [-0.39, 0.29) is 0 Å². The van der Waals surface area contributed by atoms with Crippen LogP contribution in [0.15, 0.2) is 48.5 Å². The van der Waals surface area contributed by atoms with Crippen molar-refractivity contribution < 1.29 is 4.74 Å². The first-order valence-electron chi connectivity index (χ1n) is 6.79. The summed E-state index contributed by atoms with van der Waals surface area (Å²) in [6.07, 6.45) is 1.02. The van der Waals surface area contributed by atoms with E-state index in [0.29, 0.717) is 5.88 Å². The second-order valence-electron chi connectivity index (χ2n) is 4.72. The molecular weight excluding hydrogens is 270 g/mol. The van der Waals surface area contributed by atoms with Crippen molar-refractivity contribution in [3.05, 3.63) is 65.2 Å². The minimum atomic E-state index is 0.575. The quantitative estimate of drug-likeness (QED) is 0.619. The molecule has 2 nitrogen and oxygen atoms in total. The lowest BCUT2D eigenvalue weighted by Gasteiger charge is -2.06. The van der Waals surface area contributed by atoms with Crippen LogP contribution in [0.2, 0.25) is 0 Å². The third-order valence-electron chi connectivity index (χ3n) is 3.26. The van der Waals surface area contributed by atoms with Crippen LogP contribution in [0.5, 0.6) is 5.75 Å². The standard InChI is InChI=1S/C17H20ClNO/c1-20-17-8-6-14(7-9-17)10-11-19-13-16-4-2-15(12-18)3-5-16/h2-9,19H,10-13H2,1H3. The maximum Gasteiger partial charge on any atom is 0.118 e. The SMILES string of the molecule is COc1ccc(CCNCc2ccc(CCl)cc2)cc1. The lowest BCUT2D eigenvalue weighted by Crippen LogP contribution is -2.16. The zero-order valence-electron chi connectivity index (χ0n) is 11.7. The molecular formula is C17H20ClNO. The maximum absolute atomic E-state index is 5.77. The van der Waals surface area contributed by atoms with Crippen LogP contribution in [-0.2, 0) is 18.8 Å². The highest BCUT2D eigenvalue weighted by molar-refractivity contribution is 6.17. The van der Waals surface area contributed by atoms with Gasteiger partial charge in [0.05, 0.1) is 7.11 Å². The first-order chi connectivity index (χ1) is 9.81. The smallest absolute Gasteiger partial charge is 0.118 e. The second kappa shape index (κ2) is 7.93. The largest absolute Gasteiger partial charge is 0.497 e. The number of halogens is 1. The number of nitrogens with one attached hydrogen (secondary N) is 1. The van der Waals surface area contributed by atoms with E-state index < -0.39 is 0 Å². The molecule has 2 aromatic rings. The molecule has 0 aliphatic rings. The molecule has 2 aromatic carbocycles. The van der Waals surface area contributed by atoms with Gasteiger partial charge in [-0.1, -0.05) is 36.4 Å². The number of hydrogen-bond acceptors (Lipinski definition) is 2. The molecule has 106 valence electrons. The summed E-state index contributed by atoms with van der Waals surface area (Å²) in [6, 6.07) is 16.6. The van der Waals surface area contributed by atoms with E-state index in [1.165, 1.54) is 11.1 Å². The van der Waals surface area contributed by atoms with Crippen molar-refractivity contribution >= 4 is 11.6 Å². The van der Waals surface area contributed by atoms with Crippen molar-refractivity contribution in [1.29, 1.82) is 0 Å². The highest BCUT2D eigenvalue weighted by atomic mass is 35.5. The van der Waals surface area contributed by atoms with Crippen LogP contribution in [-0.4, -0.2) is 13.7 Å². The first-order valence-corrected chi connectivity index (χ1v) is 7.32. The number of hydrogen-bond donors (Lipinski definition) is 1. The van der Waals surface area contributed by atoms with Crippen molar-refractivity contribution in [3.8, 4) is 5.75 Å². The summed E-state index contributed by atoms with van der Waals surface area (Å²) in [5, 5.41) is 3.45. The van der Waals surface area contributed by atoms with Gasteiger partial charge in [0.2, 0.25) is 0 Å². The summed E-state index contributed by atoms with van der Waals surface area (Å²) in [5.74, 6) is 1.48. The van der Waals surface area contributed by atoms with Gasteiger partial charge in [-0.25, -0.2) is 0 Å². The normalized spacial score (nSPS) is 10.5. The van der Waals surface area contributed by atoms with Gasteiger partial charge in [0.25, 0.3) is 0 Å². The monoisotopic (exact) mass is 289 g/mol. The Morgan fingerprint density at radius 3 is 2.10 bits per heavy atom. The highest BCUT2D eigenvalue weighted by Gasteiger charge is 1.96. The van der Waals surface area contributed by atoms with Gasteiger partial charge in [-0.2, -0.15) is 0 Å². The summed E-state index contributed by atoms with van der Waals surface area (Å²) >= 11 is 5.77. The molecule has 1 N–H and O–H groups in total. The number of methoxy groups -OCH3 is 1. The summed E-state index contributed by atoms with van der Waals surface area (Å²) in [5.41, 5.74) is 3.76. The topological polar surface area (TPSA) is 21.3 Å². The first kappa shape index (κ1) is 14.9. The second-order valence-corrected chi connectivity index (χ2v) is 4.99. The molecule has 0 saturated heterocycles. The van der Waals surface area contributed by atoms with Gasteiger partial charge in [0.1, 0.15) is 5.75 Å². The van der Waals surface area contributed by atoms with Crippen molar-refractivity contribution in [1.82, 2.24) is 5.32 Å². The fraction of sp³-hybridized carbons (Fsp3) is 0.294. The van der Waals surface area contributed by atoms with Crippen LogP contribution >= 0.6 is 11.6 Å². The number of rotatable bonds is 7. The van der Waals surface area contributed by atoms with E-state index in [1.807, 2.05) is 12.1 Å². The molecule has 0 atom stereocenters. The predicted molar refractivity (Wildman–Crippen MR) is 84.4 cm³/mol. The van der Waals surface area contributed by atoms with Gasteiger partial charge in [0.15, 0.2) is 0 Å². The Labute approximate surface area is 125 Å². The molecule has 0 aliphatic heterocycles. The minimum Gasteiger partial charge on any atom is -0.497 e. The molecule has 0 heterocycles. The van der Waals surface area contributed by atoms with Crippen molar-refractivity contribution in [3.63, 3.8) is 0 Å². The fourth-order valence-corrected chi connectivity index (χ4v) is 2.18. The van der Waals surface area contributed by atoms with Crippen LogP contribution in [0.25, 0.3) is 0 Å². The van der Waals surface area contributed by atoms with Crippen LogP contribution in [0, 0.1) is 0 Å². The molecule has 0 aromatic heterocycles. The molecule has 0 amide bonds. The molecule has 0 fully saturated rings. The third-order valence-corrected chi connectivity index (χ3v) is 3.56. The van der Waals surface area contributed by atoms with Crippen molar-refractivity contribution in [2.75, 3.05) is 13.7 Å². The van der Waals surface area contributed by atoms with E-state index in [2.05, 4.69) is 41.7 Å². The Bertz CT molecular complexity index is 458. The van der Waals surface area contributed by atoms with E-state index in [4.69, 9.17) is 16.3 Å². The minimum absolute atomic E-state index is 0.575. The van der Waals surface area contributed by atoms with E-state index >= 15 is 0 Å². The fourth-order valence-electron chi connectivity index (χ4n) is 2.00. The molecule has 0 unspecified atom stereocenters. The van der Waals surface area contributed by atoms with E-state index in [1.54, 1.807) is 7.11 Å². The molecule has 20 heavy (non-hydrogen) atoms. The molecule has 0 aliphatic carbocycles. The van der Waals surface area contributed by atoms with Crippen LogP contribution < -0.4 is 10.1 Å². The summed E-state index contributed by atoms with van der Waals surface area (Å²) in [7, 11) is 1.69. The van der Waals surface area contributed by atoms with Gasteiger partial charge in [-0.15, -0.1) is 11.6 Å². The molecule has 0 bridgehead atoms. The Kier molecular flexibility index (Phi) is 5.90. The third kappa shape index (κ3) is 4.55. The Hall–Kier alpha value is -1.51. The van der Waals surface area contributed by atoms with E-state index in [0.717, 1.165) is 30.8 Å². The van der Waals surface area contributed by atoms with Crippen LogP contribution in [0.3, 0.4) is 0 Å². The summed E-state index contributed by atoms with van der Waals surface area (Å²) in [6.45, 7) is 1.85. The van der Waals surface area contributed by atoms with Crippen LogP contribution in [0.4, 0.5) is 0 Å².